The topological polar surface area (TPSA) is 41.6 Å². The first kappa shape index (κ1) is 13.6. The van der Waals surface area contributed by atoms with Crippen molar-refractivity contribution in [3.05, 3.63) is 35.4 Å². The van der Waals surface area contributed by atoms with E-state index in [-0.39, 0.29) is 24.2 Å². The number of amides is 1. The fourth-order valence-electron chi connectivity index (χ4n) is 3.27. The molecule has 4 heteroatoms. The first-order valence-corrected chi connectivity index (χ1v) is 7.40. The summed E-state index contributed by atoms with van der Waals surface area (Å²) >= 11 is 0. The molecule has 2 aliphatic heterocycles. The smallest absolute Gasteiger partial charge is 0.244 e. The van der Waals surface area contributed by atoms with Crippen LogP contribution in [0, 0.1) is 0 Å². The van der Waals surface area contributed by atoms with Gasteiger partial charge in [0.2, 0.25) is 5.91 Å². The molecule has 0 aliphatic carbocycles. The number of nitrogens with zero attached hydrogens (tertiary/aromatic N) is 1. The van der Waals surface area contributed by atoms with Crippen LogP contribution in [0.15, 0.2) is 24.3 Å². The number of nitrogens with one attached hydrogen (secondary N) is 1. The summed E-state index contributed by atoms with van der Waals surface area (Å²) in [6.07, 6.45) is 1.22. The van der Waals surface area contributed by atoms with E-state index in [1.807, 2.05) is 30.9 Å². The van der Waals surface area contributed by atoms with Crippen molar-refractivity contribution in [3.63, 3.8) is 0 Å². The molecule has 0 spiro atoms. The third-order valence-corrected chi connectivity index (χ3v) is 4.09. The maximum atomic E-state index is 12.8. The molecule has 1 aromatic carbocycles. The van der Waals surface area contributed by atoms with E-state index >= 15 is 0 Å². The number of morpholine rings is 1. The SMILES string of the molecule is CC1CN(C(=O)C2NCCc3ccccc32)CC(C)O1. The van der Waals surface area contributed by atoms with Gasteiger partial charge in [-0.25, -0.2) is 0 Å². The highest BCUT2D eigenvalue weighted by Crippen LogP contribution is 2.25. The summed E-state index contributed by atoms with van der Waals surface area (Å²) in [5.41, 5.74) is 2.43. The van der Waals surface area contributed by atoms with Gasteiger partial charge in [-0.1, -0.05) is 24.3 Å². The fourth-order valence-corrected chi connectivity index (χ4v) is 3.27. The van der Waals surface area contributed by atoms with Gasteiger partial charge in [0.15, 0.2) is 0 Å². The van der Waals surface area contributed by atoms with Gasteiger partial charge >= 0.3 is 0 Å². The van der Waals surface area contributed by atoms with E-state index in [1.165, 1.54) is 5.56 Å². The van der Waals surface area contributed by atoms with Crippen LogP contribution in [-0.2, 0) is 16.0 Å². The highest BCUT2D eigenvalue weighted by atomic mass is 16.5. The van der Waals surface area contributed by atoms with Gasteiger partial charge in [0, 0.05) is 19.6 Å². The van der Waals surface area contributed by atoms with Gasteiger partial charge in [-0.05, 0) is 31.4 Å². The number of fused-ring (bicyclic) bond motifs is 1. The van der Waals surface area contributed by atoms with Crippen LogP contribution in [0.1, 0.15) is 31.0 Å². The van der Waals surface area contributed by atoms with Crippen LogP contribution in [0.3, 0.4) is 0 Å². The molecule has 108 valence electrons. The van der Waals surface area contributed by atoms with Crippen LogP contribution in [0.4, 0.5) is 0 Å². The Kier molecular flexibility index (Phi) is 3.76. The van der Waals surface area contributed by atoms with Gasteiger partial charge in [-0.15, -0.1) is 0 Å². The van der Waals surface area contributed by atoms with Gasteiger partial charge in [-0.2, -0.15) is 0 Å². The normalized spacial score (nSPS) is 29.9. The van der Waals surface area contributed by atoms with E-state index in [2.05, 4.69) is 17.4 Å². The molecule has 1 aromatic rings. The van der Waals surface area contributed by atoms with Crippen LogP contribution < -0.4 is 5.32 Å². The van der Waals surface area contributed by atoms with Gasteiger partial charge in [0.05, 0.1) is 12.2 Å². The molecule has 1 saturated heterocycles. The Bertz CT molecular complexity index is 493. The average molecular weight is 274 g/mol. The monoisotopic (exact) mass is 274 g/mol. The Balaban J connectivity index is 1.81. The molecule has 0 bridgehead atoms. The summed E-state index contributed by atoms with van der Waals surface area (Å²) in [7, 11) is 0. The van der Waals surface area contributed by atoms with Crippen LogP contribution in [0.5, 0.6) is 0 Å². The van der Waals surface area contributed by atoms with E-state index < -0.39 is 0 Å². The lowest BCUT2D eigenvalue weighted by molar-refractivity contribution is -0.145. The minimum Gasteiger partial charge on any atom is -0.372 e. The van der Waals surface area contributed by atoms with Gasteiger partial charge in [-0.3, -0.25) is 4.79 Å². The summed E-state index contributed by atoms with van der Waals surface area (Å²) in [6, 6.07) is 8.05. The standard InChI is InChI=1S/C16H22N2O2/c1-11-9-18(10-12(2)20-11)16(19)15-14-6-4-3-5-13(14)7-8-17-15/h3-6,11-12,15,17H,7-10H2,1-2H3. The highest BCUT2D eigenvalue weighted by molar-refractivity contribution is 5.84. The lowest BCUT2D eigenvalue weighted by Gasteiger charge is -2.38. The van der Waals surface area contributed by atoms with Gasteiger partial charge in [0.1, 0.15) is 6.04 Å². The third kappa shape index (κ3) is 2.58. The number of ether oxygens (including phenoxy) is 1. The zero-order valence-corrected chi connectivity index (χ0v) is 12.1. The van der Waals surface area contributed by atoms with E-state index in [1.54, 1.807) is 0 Å². The van der Waals surface area contributed by atoms with Crippen LogP contribution in [0.25, 0.3) is 0 Å². The average Bonchev–Trinajstić information content (AvgIpc) is 2.45. The van der Waals surface area contributed by atoms with Crippen LogP contribution in [-0.4, -0.2) is 42.6 Å². The van der Waals surface area contributed by atoms with Crippen molar-refractivity contribution in [2.45, 2.75) is 38.5 Å². The van der Waals surface area contributed by atoms with Crippen molar-refractivity contribution in [1.29, 1.82) is 0 Å². The molecule has 4 nitrogen and oxygen atoms in total. The molecule has 3 rings (SSSR count). The Labute approximate surface area is 120 Å². The second-order valence-corrected chi connectivity index (χ2v) is 5.84. The second kappa shape index (κ2) is 5.54. The number of carbonyl (C=O) groups is 1. The van der Waals surface area contributed by atoms with Crippen molar-refractivity contribution in [2.24, 2.45) is 0 Å². The molecule has 2 aliphatic rings. The lowest BCUT2D eigenvalue weighted by Crippen LogP contribution is -2.52. The second-order valence-electron chi connectivity index (χ2n) is 5.84. The molecule has 1 N–H and O–H groups in total. The van der Waals surface area contributed by atoms with Crippen molar-refractivity contribution in [2.75, 3.05) is 19.6 Å². The molecular formula is C16H22N2O2. The van der Waals surface area contributed by atoms with Gasteiger partial charge in [0.25, 0.3) is 0 Å². The molecule has 2 heterocycles. The van der Waals surface area contributed by atoms with Crippen molar-refractivity contribution >= 4 is 5.91 Å². The molecular weight excluding hydrogens is 252 g/mol. The summed E-state index contributed by atoms with van der Waals surface area (Å²) in [5, 5.41) is 3.37. The van der Waals surface area contributed by atoms with Crippen LogP contribution >= 0.6 is 0 Å². The Hall–Kier alpha value is -1.39. The number of rotatable bonds is 1. The van der Waals surface area contributed by atoms with E-state index in [4.69, 9.17) is 4.74 Å². The Morgan fingerprint density at radius 1 is 1.25 bits per heavy atom. The lowest BCUT2D eigenvalue weighted by atomic mass is 9.93. The quantitative estimate of drug-likeness (QED) is 0.844. The molecule has 0 aromatic heterocycles. The molecule has 3 unspecified atom stereocenters. The van der Waals surface area contributed by atoms with E-state index in [0.717, 1.165) is 18.5 Å². The third-order valence-electron chi connectivity index (χ3n) is 4.09. The largest absolute Gasteiger partial charge is 0.372 e. The first-order chi connectivity index (χ1) is 9.65. The zero-order valence-electron chi connectivity index (χ0n) is 12.1. The summed E-state index contributed by atoms with van der Waals surface area (Å²) in [4.78, 5) is 14.8. The Morgan fingerprint density at radius 2 is 1.95 bits per heavy atom. The molecule has 0 radical (unpaired) electrons. The fraction of sp³-hybridized carbons (Fsp3) is 0.562. The maximum absolute atomic E-state index is 12.8. The van der Waals surface area contributed by atoms with Crippen LogP contribution in [0.2, 0.25) is 0 Å². The van der Waals surface area contributed by atoms with Gasteiger partial charge < -0.3 is 15.0 Å². The number of carbonyl (C=O) groups excluding carboxylic acids is 1. The minimum absolute atomic E-state index is 0.113. The summed E-state index contributed by atoms with van der Waals surface area (Å²) in [5.74, 6) is 0.180. The molecule has 3 atom stereocenters. The predicted molar refractivity (Wildman–Crippen MR) is 77.5 cm³/mol. The van der Waals surface area contributed by atoms with Crippen molar-refractivity contribution in [1.82, 2.24) is 10.2 Å². The summed E-state index contributed by atoms with van der Waals surface area (Å²) < 4.78 is 5.71. The molecule has 20 heavy (non-hydrogen) atoms. The van der Waals surface area contributed by atoms with E-state index in [0.29, 0.717) is 13.1 Å². The summed E-state index contributed by atoms with van der Waals surface area (Å²) in [6.45, 7) is 6.28. The highest BCUT2D eigenvalue weighted by Gasteiger charge is 2.33. The predicted octanol–water partition coefficient (Wildman–Crippen LogP) is 1.51. The van der Waals surface area contributed by atoms with Crippen molar-refractivity contribution < 1.29 is 9.53 Å². The molecule has 1 fully saturated rings. The number of hydrogen-bond donors (Lipinski definition) is 1. The minimum atomic E-state index is -0.197. The first-order valence-electron chi connectivity index (χ1n) is 7.40. The Morgan fingerprint density at radius 3 is 2.70 bits per heavy atom. The zero-order chi connectivity index (χ0) is 14.1. The number of benzene rings is 1. The van der Waals surface area contributed by atoms with Crippen molar-refractivity contribution in [3.8, 4) is 0 Å². The molecule has 1 amide bonds. The van der Waals surface area contributed by atoms with E-state index in [9.17, 15) is 4.79 Å². The maximum Gasteiger partial charge on any atom is 0.244 e. The molecule has 0 saturated carbocycles. The number of hydrogen-bond acceptors (Lipinski definition) is 3.